The van der Waals surface area contributed by atoms with Crippen LogP contribution in [0.15, 0.2) is 45.6 Å². The number of fused-ring (bicyclic) bond motifs is 1. The molecule has 124 valence electrons. The van der Waals surface area contributed by atoms with E-state index in [4.69, 9.17) is 0 Å². The molecule has 0 bridgehead atoms. The molecular formula is C17H17N3O4. The van der Waals surface area contributed by atoms with Gasteiger partial charge in [0.05, 0.1) is 5.56 Å². The second-order valence-corrected chi connectivity index (χ2v) is 5.87. The Balaban J connectivity index is 2.34. The Bertz CT molecular complexity index is 981. The number of hydrogen-bond donors (Lipinski definition) is 2. The van der Waals surface area contributed by atoms with Crippen molar-refractivity contribution >= 4 is 11.8 Å². The first-order valence-electron chi connectivity index (χ1n) is 7.40. The third-order valence-corrected chi connectivity index (χ3v) is 4.26. The van der Waals surface area contributed by atoms with Gasteiger partial charge in [-0.3, -0.25) is 13.9 Å². The fourth-order valence-electron chi connectivity index (χ4n) is 2.88. The van der Waals surface area contributed by atoms with Crippen molar-refractivity contribution in [3.63, 3.8) is 0 Å². The fourth-order valence-corrected chi connectivity index (χ4v) is 2.88. The summed E-state index contributed by atoms with van der Waals surface area (Å²) in [4.78, 5) is 36.2. The van der Waals surface area contributed by atoms with E-state index in [2.05, 4.69) is 5.32 Å². The maximum atomic E-state index is 12.6. The molecule has 0 amide bonds. The lowest BCUT2D eigenvalue weighted by Crippen LogP contribution is -2.42. The summed E-state index contributed by atoms with van der Waals surface area (Å²) in [5, 5.41) is 12.1. The third kappa shape index (κ3) is 2.34. The molecule has 7 heteroatoms. The molecule has 24 heavy (non-hydrogen) atoms. The van der Waals surface area contributed by atoms with E-state index in [0.717, 1.165) is 15.7 Å². The lowest BCUT2D eigenvalue weighted by Gasteiger charge is -2.26. The van der Waals surface area contributed by atoms with Crippen LogP contribution < -0.4 is 16.6 Å². The lowest BCUT2D eigenvalue weighted by atomic mass is 9.88. The van der Waals surface area contributed by atoms with Gasteiger partial charge >= 0.3 is 11.7 Å². The van der Waals surface area contributed by atoms with Gasteiger partial charge in [-0.2, -0.15) is 0 Å². The quantitative estimate of drug-likeness (QED) is 0.855. The first-order valence-corrected chi connectivity index (χ1v) is 7.40. The largest absolute Gasteiger partial charge is 0.477 e. The predicted molar refractivity (Wildman–Crippen MR) is 89.3 cm³/mol. The summed E-state index contributed by atoms with van der Waals surface area (Å²) in [6.07, 6.45) is 1.50. The molecule has 1 aromatic carbocycles. The molecule has 0 saturated heterocycles. The van der Waals surface area contributed by atoms with E-state index in [9.17, 15) is 19.5 Å². The molecule has 7 nitrogen and oxygen atoms in total. The average Bonchev–Trinajstić information content (AvgIpc) is 2.57. The number of carbonyl (C=O) groups is 1. The Morgan fingerprint density at radius 3 is 2.33 bits per heavy atom. The number of aryl methyl sites for hydroxylation is 1. The van der Waals surface area contributed by atoms with E-state index in [1.54, 1.807) is 0 Å². The molecule has 1 aromatic heterocycles. The molecule has 3 rings (SSSR count). The van der Waals surface area contributed by atoms with Crippen molar-refractivity contribution in [2.24, 2.45) is 14.1 Å². The van der Waals surface area contributed by atoms with Crippen molar-refractivity contribution in [2.75, 3.05) is 5.32 Å². The number of hydrogen-bond acceptors (Lipinski definition) is 4. The fraction of sp³-hybridized carbons (Fsp3) is 0.235. The topological polar surface area (TPSA) is 93.3 Å². The van der Waals surface area contributed by atoms with Gasteiger partial charge in [-0.25, -0.2) is 9.59 Å². The maximum absolute atomic E-state index is 12.6. The van der Waals surface area contributed by atoms with E-state index in [1.165, 1.54) is 24.7 Å². The number of allylic oxidation sites excluding steroid dienone is 1. The van der Waals surface area contributed by atoms with Gasteiger partial charge < -0.3 is 10.4 Å². The Morgan fingerprint density at radius 1 is 1.12 bits per heavy atom. The first kappa shape index (κ1) is 15.8. The predicted octanol–water partition coefficient (Wildman–Crippen LogP) is 0.918. The number of carboxylic acid groups (broad SMARTS) is 1. The number of rotatable bonds is 2. The molecule has 0 spiro atoms. The number of nitrogens with zero attached hydrogens (tertiary/aromatic N) is 2. The Morgan fingerprint density at radius 2 is 1.75 bits per heavy atom. The zero-order valence-electron chi connectivity index (χ0n) is 13.5. The van der Waals surface area contributed by atoms with Crippen LogP contribution in [0.2, 0.25) is 0 Å². The summed E-state index contributed by atoms with van der Waals surface area (Å²) in [6.45, 7) is 1.95. The zero-order valence-corrected chi connectivity index (χ0v) is 13.5. The molecule has 2 aromatic rings. The number of nitrogens with one attached hydrogen (secondary N) is 1. The standard InChI is InChI=1S/C17H17N3O4/c1-9-4-6-10(7-5-9)11-8-12(16(22)23)18-14-13(11)15(21)20(3)17(24)19(14)2/h4-8,11,18H,1-3H3,(H,22,23). The number of carboxylic acids is 1. The molecule has 0 saturated carbocycles. The van der Waals surface area contributed by atoms with Crippen LogP contribution >= 0.6 is 0 Å². The van der Waals surface area contributed by atoms with Gasteiger partial charge in [-0.05, 0) is 18.6 Å². The van der Waals surface area contributed by atoms with Crippen LogP contribution in [0.5, 0.6) is 0 Å². The molecule has 0 fully saturated rings. The lowest BCUT2D eigenvalue weighted by molar-refractivity contribution is -0.132. The van der Waals surface area contributed by atoms with Gasteiger partial charge in [0.25, 0.3) is 5.56 Å². The normalized spacial score (nSPS) is 16.1. The maximum Gasteiger partial charge on any atom is 0.352 e. The van der Waals surface area contributed by atoms with Crippen molar-refractivity contribution in [3.05, 3.63) is 73.6 Å². The number of benzene rings is 1. The molecule has 0 radical (unpaired) electrons. The van der Waals surface area contributed by atoms with E-state index >= 15 is 0 Å². The summed E-state index contributed by atoms with van der Waals surface area (Å²) in [6, 6.07) is 7.51. The zero-order chi connectivity index (χ0) is 17.6. The second-order valence-electron chi connectivity index (χ2n) is 5.87. The summed E-state index contributed by atoms with van der Waals surface area (Å²) >= 11 is 0. The number of aromatic nitrogens is 2. The number of aliphatic carboxylic acids is 1. The van der Waals surface area contributed by atoms with Crippen LogP contribution in [0.25, 0.3) is 0 Å². The molecule has 1 aliphatic heterocycles. The summed E-state index contributed by atoms with van der Waals surface area (Å²) in [5.41, 5.74) is 1.19. The van der Waals surface area contributed by atoms with Crippen LogP contribution in [0, 0.1) is 6.92 Å². The van der Waals surface area contributed by atoms with Gasteiger partial charge in [-0.1, -0.05) is 29.8 Å². The second kappa shape index (κ2) is 5.52. The third-order valence-electron chi connectivity index (χ3n) is 4.26. The van der Waals surface area contributed by atoms with Crippen LogP contribution in [0.3, 0.4) is 0 Å². The van der Waals surface area contributed by atoms with Crippen LogP contribution in [0.1, 0.15) is 22.6 Å². The SMILES string of the molecule is Cc1ccc(C2C=C(C(=O)O)Nc3c2c(=O)n(C)c(=O)n3C)cc1. The van der Waals surface area contributed by atoms with Crippen molar-refractivity contribution < 1.29 is 9.90 Å². The Hall–Kier alpha value is -3.09. The van der Waals surface area contributed by atoms with Gasteiger partial charge in [0.15, 0.2) is 0 Å². The highest BCUT2D eigenvalue weighted by molar-refractivity contribution is 5.91. The molecule has 2 N–H and O–H groups in total. The highest BCUT2D eigenvalue weighted by Crippen LogP contribution is 2.33. The first-order chi connectivity index (χ1) is 11.3. The Kier molecular flexibility index (Phi) is 3.63. The minimum Gasteiger partial charge on any atom is -0.477 e. The van der Waals surface area contributed by atoms with E-state index < -0.39 is 23.1 Å². The van der Waals surface area contributed by atoms with Crippen molar-refractivity contribution in [2.45, 2.75) is 12.8 Å². The summed E-state index contributed by atoms with van der Waals surface area (Å²) in [7, 11) is 2.91. The van der Waals surface area contributed by atoms with Gasteiger partial charge in [0.2, 0.25) is 0 Å². The average molecular weight is 327 g/mol. The van der Waals surface area contributed by atoms with Crippen molar-refractivity contribution in [1.29, 1.82) is 0 Å². The van der Waals surface area contributed by atoms with Crippen LogP contribution in [-0.4, -0.2) is 20.2 Å². The highest BCUT2D eigenvalue weighted by Gasteiger charge is 2.30. The molecular weight excluding hydrogens is 310 g/mol. The molecule has 2 heterocycles. The smallest absolute Gasteiger partial charge is 0.352 e. The van der Waals surface area contributed by atoms with Crippen LogP contribution in [-0.2, 0) is 18.9 Å². The summed E-state index contributed by atoms with van der Waals surface area (Å²) in [5.74, 6) is -1.47. The Labute approximate surface area is 137 Å². The highest BCUT2D eigenvalue weighted by atomic mass is 16.4. The minimum atomic E-state index is -1.15. The van der Waals surface area contributed by atoms with Crippen molar-refractivity contribution in [3.8, 4) is 0 Å². The molecule has 1 unspecified atom stereocenters. The molecule has 0 aliphatic carbocycles. The van der Waals surface area contributed by atoms with Gasteiger partial charge in [0, 0.05) is 20.0 Å². The van der Waals surface area contributed by atoms with E-state index in [-0.39, 0.29) is 11.5 Å². The number of anilines is 1. The molecule has 1 atom stereocenters. The van der Waals surface area contributed by atoms with Gasteiger partial charge in [-0.15, -0.1) is 0 Å². The minimum absolute atomic E-state index is 0.0590. The summed E-state index contributed by atoms with van der Waals surface area (Å²) < 4.78 is 2.29. The van der Waals surface area contributed by atoms with E-state index in [1.807, 2.05) is 31.2 Å². The van der Waals surface area contributed by atoms with E-state index in [0.29, 0.717) is 5.56 Å². The van der Waals surface area contributed by atoms with Crippen LogP contribution in [0.4, 0.5) is 5.82 Å². The van der Waals surface area contributed by atoms with Gasteiger partial charge in [0.1, 0.15) is 11.5 Å². The monoisotopic (exact) mass is 327 g/mol. The van der Waals surface area contributed by atoms with Crippen molar-refractivity contribution in [1.82, 2.24) is 9.13 Å². The molecule has 1 aliphatic rings.